The van der Waals surface area contributed by atoms with Crippen molar-refractivity contribution in [2.24, 2.45) is 0 Å². The minimum Gasteiger partial charge on any atom is -0.478 e. The van der Waals surface area contributed by atoms with Crippen LogP contribution in [-0.2, 0) is 0 Å². The average Bonchev–Trinajstić information content (AvgIpc) is 2.46. The summed E-state index contributed by atoms with van der Waals surface area (Å²) < 4.78 is 0. The number of benzene rings is 2. The van der Waals surface area contributed by atoms with Crippen LogP contribution in [0.15, 0.2) is 48.5 Å². The molecule has 5 nitrogen and oxygen atoms in total. The number of halogens is 2. The first-order valence-electron chi connectivity index (χ1n) is 5.70. The normalized spacial score (nSPS) is 9.09. The van der Waals surface area contributed by atoms with Crippen LogP contribution in [-0.4, -0.2) is 27.9 Å². The van der Waals surface area contributed by atoms with E-state index in [-0.39, 0.29) is 50.9 Å². The van der Waals surface area contributed by atoms with Crippen molar-refractivity contribution in [2.45, 2.75) is 0 Å². The van der Waals surface area contributed by atoms with Crippen LogP contribution in [0.3, 0.4) is 0 Å². The molecule has 0 saturated carbocycles. The van der Waals surface area contributed by atoms with E-state index in [2.05, 4.69) is 0 Å². The molecule has 2 rings (SSSR count). The summed E-state index contributed by atoms with van der Waals surface area (Å²) in [6.45, 7) is 0. The van der Waals surface area contributed by atoms with Crippen molar-refractivity contribution in [3.8, 4) is 0 Å². The van der Waals surface area contributed by atoms with E-state index < -0.39 is 11.9 Å². The third-order valence-electron chi connectivity index (χ3n) is 2.79. The van der Waals surface area contributed by atoms with Gasteiger partial charge in [0, 0.05) is 11.1 Å². The summed E-state index contributed by atoms with van der Waals surface area (Å²) in [5.41, 5.74) is 0.890. The fourth-order valence-corrected chi connectivity index (χ4v) is 1.70. The Bertz CT molecular complexity index is 619. The molecule has 0 spiro atoms. The summed E-state index contributed by atoms with van der Waals surface area (Å²) in [6, 6.07) is 11.1. The number of carboxylic acids is 2. The SMILES string of the molecule is Br.Br.O=C(O)c1ccc(C(=O)c2ccc(C(=O)O)cc2)cc1. The van der Waals surface area contributed by atoms with Crippen LogP contribution in [0.5, 0.6) is 0 Å². The molecule has 0 heterocycles. The smallest absolute Gasteiger partial charge is 0.335 e. The number of ketones is 1. The lowest BCUT2D eigenvalue weighted by atomic mass is 10.0. The van der Waals surface area contributed by atoms with Crippen LogP contribution in [0.2, 0.25) is 0 Å². The molecule has 0 amide bonds. The van der Waals surface area contributed by atoms with E-state index in [1.807, 2.05) is 0 Å². The number of hydrogen-bond acceptors (Lipinski definition) is 3. The van der Waals surface area contributed by atoms with Crippen molar-refractivity contribution in [3.63, 3.8) is 0 Å². The van der Waals surface area contributed by atoms with E-state index >= 15 is 0 Å². The highest BCUT2D eigenvalue weighted by molar-refractivity contribution is 8.93. The Balaban J connectivity index is 0.00000220. The van der Waals surface area contributed by atoms with Gasteiger partial charge in [0.1, 0.15) is 0 Å². The second-order valence-corrected chi connectivity index (χ2v) is 4.09. The van der Waals surface area contributed by atoms with Crippen LogP contribution < -0.4 is 0 Å². The van der Waals surface area contributed by atoms with Gasteiger partial charge in [0.15, 0.2) is 5.78 Å². The first-order valence-corrected chi connectivity index (χ1v) is 5.70. The van der Waals surface area contributed by atoms with Crippen molar-refractivity contribution in [1.82, 2.24) is 0 Å². The topological polar surface area (TPSA) is 91.7 Å². The zero-order valence-electron chi connectivity index (χ0n) is 11.1. The Morgan fingerprint density at radius 3 is 1.00 bits per heavy atom. The molecule has 0 aliphatic rings. The summed E-state index contributed by atoms with van der Waals surface area (Å²) >= 11 is 0. The zero-order chi connectivity index (χ0) is 14.7. The van der Waals surface area contributed by atoms with Crippen LogP contribution >= 0.6 is 34.0 Å². The van der Waals surface area contributed by atoms with E-state index in [4.69, 9.17) is 10.2 Å². The molecule has 0 saturated heterocycles. The lowest BCUT2D eigenvalue weighted by Crippen LogP contribution is -2.04. The average molecular weight is 432 g/mol. The van der Waals surface area contributed by atoms with Crippen molar-refractivity contribution in [3.05, 3.63) is 70.8 Å². The molecule has 22 heavy (non-hydrogen) atoms. The highest BCUT2D eigenvalue weighted by Gasteiger charge is 2.11. The monoisotopic (exact) mass is 430 g/mol. The molecular weight excluding hydrogens is 420 g/mol. The van der Waals surface area contributed by atoms with Gasteiger partial charge in [-0.3, -0.25) is 4.79 Å². The number of aromatic carboxylic acids is 2. The van der Waals surface area contributed by atoms with Crippen molar-refractivity contribution >= 4 is 51.7 Å². The standard InChI is InChI=1S/C15H10O5.2BrH/c16-13(9-1-5-11(6-2-9)14(17)18)10-3-7-12(8-4-10)15(19)20;;/h1-8H,(H,17,18)(H,19,20);2*1H. The quantitative estimate of drug-likeness (QED) is 0.723. The van der Waals surface area contributed by atoms with Crippen molar-refractivity contribution < 1.29 is 24.6 Å². The molecule has 7 heteroatoms. The maximum absolute atomic E-state index is 12.1. The molecule has 0 radical (unpaired) electrons. The first kappa shape index (κ1) is 20.0. The second-order valence-electron chi connectivity index (χ2n) is 4.09. The summed E-state index contributed by atoms with van der Waals surface area (Å²) in [6.07, 6.45) is 0. The summed E-state index contributed by atoms with van der Waals surface area (Å²) in [5, 5.41) is 17.5. The minimum absolute atomic E-state index is 0. The van der Waals surface area contributed by atoms with Crippen LogP contribution in [0.25, 0.3) is 0 Å². The maximum Gasteiger partial charge on any atom is 0.335 e. The van der Waals surface area contributed by atoms with Crippen molar-refractivity contribution in [1.29, 1.82) is 0 Å². The number of carbonyl (C=O) groups is 3. The third kappa shape index (κ3) is 4.51. The molecule has 0 aliphatic carbocycles. The first-order chi connectivity index (χ1) is 9.49. The summed E-state index contributed by atoms with van der Waals surface area (Å²) in [4.78, 5) is 33.5. The predicted octanol–water partition coefficient (Wildman–Crippen LogP) is 3.47. The van der Waals surface area contributed by atoms with Gasteiger partial charge in [-0.2, -0.15) is 0 Å². The molecule has 2 aromatic rings. The molecule has 2 N–H and O–H groups in total. The Morgan fingerprint density at radius 2 is 0.773 bits per heavy atom. The second kappa shape index (κ2) is 8.45. The van der Waals surface area contributed by atoms with Gasteiger partial charge in [-0.1, -0.05) is 24.3 Å². The van der Waals surface area contributed by atoms with Gasteiger partial charge < -0.3 is 10.2 Å². The number of rotatable bonds is 4. The van der Waals surface area contributed by atoms with Crippen LogP contribution in [0.1, 0.15) is 36.6 Å². The lowest BCUT2D eigenvalue weighted by Gasteiger charge is -2.02. The minimum atomic E-state index is -1.06. The molecule has 0 aromatic heterocycles. The van der Waals surface area contributed by atoms with Gasteiger partial charge >= 0.3 is 11.9 Å². The van der Waals surface area contributed by atoms with Crippen molar-refractivity contribution in [2.75, 3.05) is 0 Å². The fourth-order valence-electron chi connectivity index (χ4n) is 1.70. The number of carbonyl (C=O) groups excluding carboxylic acids is 1. The molecule has 0 unspecified atom stereocenters. The van der Waals surface area contributed by atoms with E-state index in [0.717, 1.165) is 0 Å². The number of hydrogen-bond donors (Lipinski definition) is 2. The lowest BCUT2D eigenvalue weighted by molar-refractivity contribution is 0.0686. The van der Waals surface area contributed by atoms with Gasteiger partial charge in [0.25, 0.3) is 0 Å². The van der Waals surface area contributed by atoms with Gasteiger partial charge in [0.05, 0.1) is 11.1 Å². The highest BCUT2D eigenvalue weighted by atomic mass is 79.9. The molecule has 116 valence electrons. The Kier molecular flexibility index (Phi) is 7.69. The van der Waals surface area contributed by atoms with Gasteiger partial charge in [0.2, 0.25) is 0 Å². The van der Waals surface area contributed by atoms with E-state index in [9.17, 15) is 14.4 Å². The predicted molar refractivity (Wildman–Crippen MR) is 90.9 cm³/mol. The summed E-state index contributed by atoms with van der Waals surface area (Å²) in [7, 11) is 0. The Labute approximate surface area is 147 Å². The maximum atomic E-state index is 12.1. The Hall–Kier alpha value is -1.99. The van der Waals surface area contributed by atoms with Gasteiger partial charge in [-0.15, -0.1) is 34.0 Å². The van der Waals surface area contributed by atoms with Gasteiger partial charge in [-0.25, -0.2) is 9.59 Å². The zero-order valence-corrected chi connectivity index (χ0v) is 14.5. The summed E-state index contributed by atoms with van der Waals surface area (Å²) in [5.74, 6) is -2.41. The van der Waals surface area contributed by atoms with Gasteiger partial charge in [-0.05, 0) is 24.3 Å². The Morgan fingerprint density at radius 1 is 0.545 bits per heavy atom. The van der Waals surface area contributed by atoms with E-state index in [1.165, 1.54) is 48.5 Å². The van der Waals surface area contributed by atoms with Crippen LogP contribution in [0, 0.1) is 0 Å². The highest BCUT2D eigenvalue weighted by Crippen LogP contribution is 2.12. The third-order valence-corrected chi connectivity index (χ3v) is 2.79. The van der Waals surface area contributed by atoms with Crippen LogP contribution in [0.4, 0.5) is 0 Å². The molecular formula is C15H12Br2O5. The largest absolute Gasteiger partial charge is 0.478 e. The van der Waals surface area contributed by atoms with E-state index in [1.54, 1.807) is 0 Å². The molecule has 0 fully saturated rings. The van der Waals surface area contributed by atoms with E-state index in [0.29, 0.717) is 11.1 Å². The molecule has 0 aliphatic heterocycles. The molecule has 2 aromatic carbocycles. The number of carboxylic acid groups (broad SMARTS) is 2. The molecule has 0 atom stereocenters. The molecule has 0 bridgehead atoms. The fraction of sp³-hybridized carbons (Fsp3) is 0.